The number of rotatable bonds is 5. The summed E-state index contributed by atoms with van der Waals surface area (Å²) in [6.45, 7) is 0. The average Bonchev–Trinajstić information content (AvgIpc) is 2.90. The van der Waals surface area contributed by atoms with Crippen molar-refractivity contribution in [3.63, 3.8) is 0 Å². The smallest absolute Gasteiger partial charge is 0.247 e. The Morgan fingerprint density at radius 3 is 2.32 bits per heavy atom. The van der Waals surface area contributed by atoms with Crippen LogP contribution in [-0.2, 0) is 9.59 Å². The molecule has 2 N–H and O–H groups in total. The normalized spacial score (nSPS) is 17.0. The number of amides is 2. The van der Waals surface area contributed by atoms with Crippen LogP contribution in [0.25, 0.3) is 0 Å². The van der Waals surface area contributed by atoms with E-state index in [1.165, 1.54) is 30.9 Å². The molecule has 130 valence electrons. The van der Waals surface area contributed by atoms with Crippen LogP contribution in [0.2, 0.25) is 0 Å². The second-order valence-corrected chi connectivity index (χ2v) is 6.73. The van der Waals surface area contributed by atoms with Crippen molar-refractivity contribution in [2.24, 2.45) is 0 Å². The molecular weight excluding hydrogens is 340 g/mol. The molecule has 1 heterocycles. The molecule has 1 aliphatic rings. The molecule has 1 fully saturated rings. The zero-order chi connectivity index (χ0) is 18.0. The van der Waals surface area contributed by atoms with Gasteiger partial charge in [-0.3, -0.25) is 9.59 Å². The molecule has 0 saturated carbocycles. The summed E-state index contributed by atoms with van der Waals surface area (Å²) in [6, 6.07) is 12.3. The van der Waals surface area contributed by atoms with Gasteiger partial charge in [-0.1, -0.05) is 12.1 Å². The first kappa shape index (κ1) is 17.2. The molecule has 7 heteroatoms. The van der Waals surface area contributed by atoms with Crippen molar-refractivity contribution in [2.45, 2.75) is 16.6 Å². The highest BCUT2D eigenvalue weighted by atomic mass is 32.2. The third kappa shape index (κ3) is 3.41. The molecule has 0 spiro atoms. The summed E-state index contributed by atoms with van der Waals surface area (Å²) in [5.41, 5.74) is 6.97. The predicted molar refractivity (Wildman–Crippen MR) is 97.2 cm³/mol. The van der Waals surface area contributed by atoms with Crippen molar-refractivity contribution in [3.05, 3.63) is 42.5 Å². The first-order chi connectivity index (χ1) is 12.0. The van der Waals surface area contributed by atoms with E-state index in [1.807, 2.05) is 18.2 Å². The van der Waals surface area contributed by atoms with Gasteiger partial charge in [0.05, 0.1) is 25.2 Å². The van der Waals surface area contributed by atoms with Crippen LogP contribution in [0, 0.1) is 0 Å². The van der Waals surface area contributed by atoms with Gasteiger partial charge < -0.3 is 15.2 Å². The number of carbonyl (C=O) groups is 2. The maximum Gasteiger partial charge on any atom is 0.247 e. The van der Waals surface area contributed by atoms with Crippen molar-refractivity contribution in [1.29, 1.82) is 0 Å². The molecular formula is C18H18N2O4S. The number of carbonyl (C=O) groups excluding carboxylic acids is 2. The van der Waals surface area contributed by atoms with Gasteiger partial charge in [-0.2, -0.15) is 0 Å². The molecule has 0 radical (unpaired) electrons. The number of nitrogens with zero attached hydrogens (tertiary/aromatic N) is 1. The van der Waals surface area contributed by atoms with Gasteiger partial charge in [0, 0.05) is 35.2 Å². The van der Waals surface area contributed by atoms with Gasteiger partial charge in [0.25, 0.3) is 0 Å². The number of ether oxygens (including phenoxy) is 2. The van der Waals surface area contributed by atoms with Crippen LogP contribution in [0.15, 0.2) is 47.4 Å². The Bertz CT molecular complexity index is 802. The van der Waals surface area contributed by atoms with E-state index >= 15 is 0 Å². The van der Waals surface area contributed by atoms with E-state index < -0.39 is 5.25 Å². The summed E-state index contributed by atoms with van der Waals surface area (Å²) in [6.07, 6.45) is 0.122. The molecule has 25 heavy (non-hydrogen) atoms. The Hall–Kier alpha value is -2.67. The van der Waals surface area contributed by atoms with Gasteiger partial charge in [0.15, 0.2) is 0 Å². The number of anilines is 2. The van der Waals surface area contributed by atoms with Crippen LogP contribution in [0.3, 0.4) is 0 Å². The molecule has 3 rings (SSSR count). The van der Waals surface area contributed by atoms with E-state index in [-0.39, 0.29) is 18.2 Å². The van der Waals surface area contributed by atoms with E-state index in [9.17, 15) is 9.59 Å². The van der Waals surface area contributed by atoms with Gasteiger partial charge in [0.2, 0.25) is 11.8 Å². The molecule has 0 bridgehead atoms. The van der Waals surface area contributed by atoms with Crippen LogP contribution >= 0.6 is 11.8 Å². The molecule has 1 atom stereocenters. The van der Waals surface area contributed by atoms with E-state index in [0.717, 1.165) is 4.90 Å². The Morgan fingerprint density at radius 2 is 1.72 bits per heavy atom. The molecule has 2 aromatic carbocycles. The molecule has 0 unspecified atom stereocenters. The highest BCUT2D eigenvalue weighted by Gasteiger charge is 2.40. The minimum Gasteiger partial charge on any atom is -0.497 e. The van der Waals surface area contributed by atoms with Gasteiger partial charge in [-0.15, -0.1) is 11.8 Å². The van der Waals surface area contributed by atoms with Gasteiger partial charge in [-0.25, -0.2) is 4.90 Å². The number of hydrogen-bond donors (Lipinski definition) is 1. The third-order valence-corrected chi connectivity index (χ3v) is 5.17. The van der Waals surface area contributed by atoms with Gasteiger partial charge in [-0.05, 0) is 12.1 Å². The molecule has 0 aromatic heterocycles. The van der Waals surface area contributed by atoms with Crippen LogP contribution < -0.4 is 20.1 Å². The maximum atomic E-state index is 12.8. The number of thioether (sulfide) groups is 1. The van der Waals surface area contributed by atoms with E-state index in [2.05, 4.69) is 0 Å². The zero-order valence-electron chi connectivity index (χ0n) is 13.9. The lowest BCUT2D eigenvalue weighted by atomic mass is 10.2. The highest BCUT2D eigenvalue weighted by molar-refractivity contribution is 8.00. The maximum absolute atomic E-state index is 12.8. The van der Waals surface area contributed by atoms with E-state index in [0.29, 0.717) is 22.9 Å². The van der Waals surface area contributed by atoms with Crippen LogP contribution in [-0.4, -0.2) is 31.3 Å². The van der Waals surface area contributed by atoms with E-state index in [1.54, 1.807) is 24.3 Å². The highest BCUT2D eigenvalue weighted by Crippen LogP contribution is 2.38. The third-order valence-electron chi connectivity index (χ3n) is 3.89. The van der Waals surface area contributed by atoms with Crippen molar-refractivity contribution in [2.75, 3.05) is 24.9 Å². The number of nitrogens with two attached hydrogens (primary N) is 1. The predicted octanol–water partition coefficient (Wildman–Crippen LogP) is 2.71. The topological polar surface area (TPSA) is 81.9 Å². The van der Waals surface area contributed by atoms with Crippen LogP contribution in [0.1, 0.15) is 6.42 Å². The van der Waals surface area contributed by atoms with Crippen molar-refractivity contribution in [3.8, 4) is 11.5 Å². The van der Waals surface area contributed by atoms with Crippen molar-refractivity contribution < 1.29 is 19.1 Å². The van der Waals surface area contributed by atoms with E-state index in [4.69, 9.17) is 15.2 Å². The number of hydrogen-bond acceptors (Lipinski definition) is 6. The lowest BCUT2D eigenvalue weighted by molar-refractivity contribution is -0.121. The molecule has 0 aliphatic carbocycles. The minimum atomic E-state index is -0.505. The first-order valence-electron chi connectivity index (χ1n) is 7.64. The molecule has 6 nitrogen and oxygen atoms in total. The van der Waals surface area contributed by atoms with Crippen molar-refractivity contribution in [1.82, 2.24) is 0 Å². The molecule has 1 aliphatic heterocycles. The second kappa shape index (κ2) is 7.06. The largest absolute Gasteiger partial charge is 0.497 e. The van der Waals surface area contributed by atoms with Crippen LogP contribution in [0.5, 0.6) is 11.5 Å². The summed E-state index contributed by atoms with van der Waals surface area (Å²) >= 11 is 1.31. The lowest BCUT2D eigenvalue weighted by Crippen LogP contribution is -2.31. The first-order valence-corrected chi connectivity index (χ1v) is 8.52. The summed E-state index contributed by atoms with van der Waals surface area (Å²) < 4.78 is 10.4. The minimum absolute atomic E-state index is 0.122. The fraction of sp³-hybridized carbons (Fsp3) is 0.222. The lowest BCUT2D eigenvalue weighted by Gasteiger charge is -2.17. The monoisotopic (exact) mass is 358 g/mol. The summed E-state index contributed by atoms with van der Waals surface area (Å²) in [5.74, 6) is 0.498. The Balaban J connectivity index is 1.88. The fourth-order valence-electron chi connectivity index (χ4n) is 2.63. The van der Waals surface area contributed by atoms with Gasteiger partial charge >= 0.3 is 0 Å². The fourth-order valence-corrected chi connectivity index (χ4v) is 3.73. The Labute approximate surface area is 149 Å². The zero-order valence-corrected chi connectivity index (χ0v) is 14.7. The molecule has 1 saturated heterocycles. The molecule has 2 aromatic rings. The average molecular weight is 358 g/mol. The number of benzene rings is 2. The standard InChI is InChI=1S/C18H18N2O4S/c1-23-12-7-11(8-13(9-12)24-2)20-17(21)10-16(18(20)22)25-15-6-4-3-5-14(15)19/h3-9,16H,10,19H2,1-2H3/t16-/m0/s1. The summed E-state index contributed by atoms with van der Waals surface area (Å²) in [5, 5.41) is -0.505. The number of nitrogen functional groups attached to an aromatic ring is 1. The second-order valence-electron chi connectivity index (χ2n) is 5.49. The summed E-state index contributed by atoms with van der Waals surface area (Å²) in [7, 11) is 3.03. The summed E-state index contributed by atoms with van der Waals surface area (Å²) in [4.78, 5) is 27.2. The van der Waals surface area contributed by atoms with Crippen molar-refractivity contribution >= 4 is 35.0 Å². The van der Waals surface area contributed by atoms with Crippen LogP contribution in [0.4, 0.5) is 11.4 Å². The number of imide groups is 1. The number of para-hydroxylation sites is 1. The Morgan fingerprint density at radius 1 is 1.08 bits per heavy atom. The number of methoxy groups -OCH3 is 2. The quantitative estimate of drug-likeness (QED) is 0.654. The SMILES string of the molecule is COc1cc(OC)cc(N2C(=O)C[C@H](Sc3ccccc3N)C2=O)c1. The van der Waals surface area contributed by atoms with Gasteiger partial charge in [0.1, 0.15) is 11.5 Å². The Kier molecular flexibility index (Phi) is 4.85. The molecule has 2 amide bonds.